The van der Waals surface area contributed by atoms with Gasteiger partial charge in [0.25, 0.3) is 0 Å². The van der Waals surface area contributed by atoms with Gasteiger partial charge >= 0.3 is 0 Å². The minimum absolute atomic E-state index is 0.0211. The molecule has 92 valence electrons. The number of amidine groups is 1. The van der Waals surface area contributed by atoms with Crippen LogP contribution in [0, 0.1) is 11.8 Å². The molecule has 2 heterocycles. The molecule has 1 aromatic rings. The molecule has 0 amide bonds. The van der Waals surface area contributed by atoms with Crippen LogP contribution in [-0.2, 0) is 0 Å². The minimum Gasteiger partial charge on any atom is -0.409 e. The second-order valence-electron chi connectivity index (χ2n) is 4.60. The zero-order valence-electron chi connectivity index (χ0n) is 10.0. The zero-order valence-corrected chi connectivity index (χ0v) is 10.0. The molecule has 3 N–H and O–H groups in total. The Bertz CT molecular complexity index is 406. The van der Waals surface area contributed by atoms with E-state index in [1.54, 1.807) is 6.20 Å². The van der Waals surface area contributed by atoms with Crippen LogP contribution in [0.1, 0.15) is 19.5 Å². The van der Waals surface area contributed by atoms with E-state index in [1.165, 1.54) is 6.20 Å². The van der Waals surface area contributed by atoms with E-state index < -0.39 is 0 Å². The Morgan fingerprint density at radius 2 is 2.00 bits per heavy atom. The number of hydrogen-bond acceptors (Lipinski definition) is 5. The van der Waals surface area contributed by atoms with Crippen LogP contribution in [0.15, 0.2) is 17.5 Å². The SMILES string of the molecule is CC1CN(c2cnc(C(N)=NO)cn2)CC1C. The Hall–Kier alpha value is -1.85. The van der Waals surface area contributed by atoms with Crippen molar-refractivity contribution in [1.29, 1.82) is 0 Å². The molecule has 1 aliphatic rings. The van der Waals surface area contributed by atoms with Crippen LogP contribution in [0.3, 0.4) is 0 Å². The normalized spacial score (nSPS) is 25.3. The Morgan fingerprint density at radius 3 is 2.47 bits per heavy atom. The fourth-order valence-corrected chi connectivity index (χ4v) is 1.98. The molecule has 0 aliphatic carbocycles. The molecule has 1 fully saturated rings. The summed E-state index contributed by atoms with van der Waals surface area (Å²) in [6, 6.07) is 0. The number of hydrogen-bond donors (Lipinski definition) is 2. The van der Waals surface area contributed by atoms with Crippen LogP contribution in [-0.4, -0.2) is 34.1 Å². The van der Waals surface area contributed by atoms with Crippen molar-refractivity contribution in [2.24, 2.45) is 22.7 Å². The molecule has 1 aromatic heterocycles. The Morgan fingerprint density at radius 1 is 1.35 bits per heavy atom. The van der Waals surface area contributed by atoms with Crippen molar-refractivity contribution in [3.8, 4) is 0 Å². The van der Waals surface area contributed by atoms with Crippen LogP contribution in [0.5, 0.6) is 0 Å². The average Bonchev–Trinajstić information content (AvgIpc) is 2.69. The van der Waals surface area contributed by atoms with E-state index in [-0.39, 0.29) is 5.84 Å². The van der Waals surface area contributed by atoms with Gasteiger partial charge in [-0.1, -0.05) is 19.0 Å². The standard InChI is InChI=1S/C11H17N5O/c1-7-5-16(6-8(7)2)10-4-13-9(3-14-10)11(12)15-17/h3-4,7-8,17H,5-6H2,1-2H3,(H2,12,15). The van der Waals surface area contributed by atoms with E-state index in [2.05, 4.69) is 33.9 Å². The van der Waals surface area contributed by atoms with Crippen LogP contribution >= 0.6 is 0 Å². The van der Waals surface area contributed by atoms with Gasteiger partial charge in [0.15, 0.2) is 5.84 Å². The fourth-order valence-electron chi connectivity index (χ4n) is 1.98. The Labute approximate surface area is 100 Å². The van der Waals surface area contributed by atoms with Gasteiger partial charge in [-0.25, -0.2) is 9.97 Å². The van der Waals surface area contributed by atoms with Crippen LogP contribution < -0.4 is 10.6 Å². The number of rotatable bonds is 2. The van der Waals surface area contributed by atoms with E-state index in [1.807, 2.05) is 0 Å². The van der Waals surface area contributed by atoms with Gasteiger partial charge in [-0.3, -0.25) is 0 Å². The van der Waals surface area contributed by atoms with Crippen molar-refractivity contribution >= 4 is 11.7 Å². The molecule has 1 aliphatic heterocycles. The third kappa shape index (κ3) is 2.30. The second-order valence-corrected chi connectivity index (χ2v) is 4.60. The molecule has 6 nitrogen and oxygen atoms in total. The average molecular weight is 235 g/mol. The third-order valence-corrected chi connectivity index (χ3v) is 3.32. The van der Waals surface area contributed by atoms with E-state index in [4.69, 9.17) is 10.9 Å². The third-order valence-electron chi connectivity index (χ3n) is 3.32. The molecule has 0 spiro atoms. The molecular formula is C11H17N5O. The van der Waals surface area contributed by atoms with Crippen molar-refractivity contribution in [3.63, 3.8) is 0 Å². The lowest BCUT2D eigenvalue weighted by Crippen LogP contribution is -2.22. The highest BCUT2D eigenvalue weighted by Gasteiger charge is 2.26. The highest BCUT2D eigenvalue weighted by Crippen LogP contribution is 2.25. The largest absolute Gasteiger partial charge is 0.409 e. The van der Waals surface area contributed by atoms with Crippen LogP contribution in [0.2, 0.25) is 0 Å². The second kappa shape index (κ2) is 4.57. The molecule has 2 atom stereocenters. The monoisotopic (exact) mass is 235 g/mol. The molecule has 0 aromatic carbocycles. The maximum Gasteiger partial charge on any atom is 0.190 e. The van der Waals surface area contributed by atoms with Crippen molar-refractivity contribution in [2.45, 2.75) is 13.8 Å². The summed E-state index contributed by atoms with van der Waals surface area (Å²) in [5, 5.41) is 11.4. The predicted octanol–water partition coefficient (Wildman–Crippen LogP) is 0.663. The number of nitrogens with two attached hydrogens (primary N) is 1. The summed E-state index contributed by atoms with van der Waals surface area (Å²) in [4.78, 5) is 10.6. The first-order valence-electron chi connectivity index (χ1n) is 5.66. The van der Waals surface area contributed by atoms with E-state index in [0.29, 0.717) is 17.5 Å². The number of aromatic nitrogens is 2. The molecule has 0 bridgehead atoms. The summed E-state index contributed by atoms with van der Waals surface area (Å²) >= 11 is 0. The van der Waals surface area contributed by atoms with E-state index in [0.717, 1.165) is 18.9 Å². The Kier molecular flexibility index (Phi) is 3.12. The van der Waals surface area contributed by atoms with Crippen LogP contribution in [0.4, 0.5) is 5.82 Å². The summed E-state index contributed by atoms with van der Waals surface area (Å²) in [6.45, 7) is 6.48. The maximum atomic E-state index is 8.52. The van der Waals surface area contributed by atoms with Crippen LogP contribution in [0.25, 0.3) is 0 Å². The van der Waals surface area contributed by atoms with Gasteiger partial charge in [-0.15, -0.1) is 0 Å². The molecule has 6 heteroatoms. The van der Waals surface area contributed by atoms with E-state index >= 15 is 0 Å². The fraction of sp³-hybridized carbons (Fsp3) is 0.545. The minimum atomic E-state index is -0.0211. The number of anilines is 1. The highest BCUT2D eigenvalue weighted by atomic mass is 16.4. The smallest absolute Gasteiger partial charge is 0.190 e. The number of oxime groups is 1. The topological polar surface area (TPSA) is 87.6 Å². The molecule has 0 saturated carbocycles. The lowest BCUT2D eigenvalue weighted by atomic mass is 10.0. The van der Waals surface area contributed by atoms with Crippen molar-refractivity contribution < 1.29 is 5.21 Å². The lowest BCUT2D eigenvalue weighted by Gasteiger charge is -2.16. The summed E-state index contributed by atoms with van der Waals surface area (Å²) < 4.78 is 0. The highest BCUT2D eigenvalue weighted by molar-refractivity contribution is 5.94. The Balaban J connectivity index is 2.14. The summed E-state index contributed by atoms with van der Waals surface area (Å²) in [6.07, 6.45) is 3.19. The van der Waals surface area contributed by atoms with Gasteiger partial charge in [0.05, 0.1) is 12.4 Å². The zero-order chi connectivity index (χ0) is 12.4. The van der Waals surface area contributed by atoms with Gasteiger partial charge < -0.3 is 15.8 Å². The summed E-state index contributed by atoms with van der Waals surface area (Å²) in [5.41, 5.74) is 5.81. The van der Waals surface area contributed by atoms with Crippen molar-refractivity contribution in [1.82, 2.24) is 9.97 Å². The molecule has 2 rings (SSSR count). The first kappa shape index (κ1) is 11.6. The first-order chi connectivity index (χ1) is 8.11. The van der Waals surface area contributed by atoms with Gasteiger partial charge in [0, 0.05) is 13.1 Å². The molecule has 2 unspecified atom stereocenters. The van der Waals surface area contributed by atoms with E-state index in [9.17, 15) is 0 Å². The van der Waals surface area contributed by atoms with Gasteiger partial charge in [0.1, 0.15) is 11.5 Å². The molecule has 17 heavy (non-hydrogen) atoms. The lowest BCUT2D eigenvalue weighted by molar-refractivity contribution is 0.318. The quantitative estimate of drug-likeness (QED) is 0.340. The summed E-state index contributed by atoms with van der Waals surface area (Å²) in [5.74, 6) is 2.16. The first-order valence-corrected chi connectivity index (χ1v) is 5.66. The molecule has 1 saturated heterocycles. The van der Waals surface area contributed by atoms with Gasteiger partial charge in [-0.05, 0) is 11.8 Å². The summed E-state index contributed by atoms with van der Waals surface area (Å²) in [7, 11) is 0. The van der Waals surface area contributed by atoms with Gasteiger partial charge in [-0.2, -0.15) is 0 Å². The number of nitrogens with zero attached hydrogens (tertiary/aromatic N) is 4. The van der Waals surface area contributed by atoms with Crippen molar-refractivity contribution in [3.05, 3.63) is 18.1 Å². The van der Waals surface area contributed by atoms with Crippen molar-refractivity contribution in [2.75, 3.05) is 18.0 Å². The molecule has 0 radical (unpaired) electrons. The van der Waals surface area contributed by atoms with Gasteiger partial charge in [0.2, 0.25) is 0 Å². The maximum absolute atomic E-state index is 8.52. The molecular weight excluding hydrogens is 218 g/mol. The predicted molar refractivity (Wildman–Crippen MR) is 65.1 cm³/mol.